The van der Waals surface area contributed by atoms with Crippen molar-refractivity contribution >= 4 is 46.0 Å². The van der Waals surface area contributed by atoms with Gasteiger partial charge in [0, 0.05) is 34.7 Å². The van der Waals surface area contributed by atoms with Crippen LogP contribution in [-0.2, 0) is 0 Å². The number of thiocarbonyl (C=S) groups is 1. The Morgan fingerprint density at radius 1 is 1.12 bits per heavy atom. The third-order valence-corrected chi connectivity index (χ3v) is 4.55. The van der Waals surface area contributed by atoms with Gasteiger partial charge < -0.3 is 15.5 Å². The number of hydrogen-bond donors (Lipinski definition) is 2. The molecule has 3 nitrogen and oxygen atoms in total. The lowest BCUT2D eigenvalue weighted by atomic mass is 10.2. The molecule has 2 N–H and O–H groups in total. The first kappa shape index (κ1) is 18.6. The van der Waals surface area contributed by atoms with E-state index in [2.05, 4.69) is 48.4 Å². The smallest absolute Gasteiger partial charge is 0.175 e. The molecule has 0 saturated carbocycles. The predicted octanol–water partition coefficient (Wildman–Crippen LogP) is 5.69. The normalized spacial score (nSPS) is 10.6. The van der Waals surface area contributed by atoms with E-state index in [0.29, 0.717) is 11.2 Å². The molecule has 0 spiro atoms. The summed E-state index contributed by atoms with van der Waals surface area (Å²) in [6.45, 7) is 9.51. The van der Waals surface area contributed by atoms with E-state index in [9.17, 15) is 0 Å². The maximum Gasteiger partial charge on any atom is 0.175 e. The lowest BCUT2D eigenvalue weighted by Gasteiger charge is -2.27. The summed E-state index contributed by atoms with van der Waals surface area (Å²) in [5.41, 5.74) is 4.06. The van der Waals surface area contributed by atoms with Crippen LogP contribution >= 0.6 is 23.8 Å². The number of anilines is 3. The van der Waals surface area contributed by atoms with Crippen molar-refractivity contribution < 1.29 is 0 Å². The van der Waals surface area contributed by atoms with Crippen molar-refractivity contribution in [1.82, 2.24) is 0 Å². The molecule has 0 fully saturated rings. The van der Waals surface area contributed by atoms with Gasteiger partial charge in [0.15, 0.2) is 5.11 Å². The molecular formula is C19H24ClN3S. The minimum atomic E-state index is 0.474. The molecule has 2 aromatic rings. The van der Waals surface area contributed by atoms with Crippen molar-refractivity contribution in [2.45, 2.75) is 33.7 Å². The third kappa shape index (κ3) is 4.62. The van der Waals surface area contributed by atoms with Crippen LogP contribution in [0.3, 0.4) is 0 Å². The number of rotatable bonds is 5. The van der Waals surface area contributed by atoms with Crippen molar-refractivity contribution in [3.63, 3.8) is 0 Å². The molecule has 0 heterocycles. The highest BCUT2D eigenvalue weighted by molar-refractivity contribution is 7.80. The average Bonchev–Trinajstić information content (AvgIpc) is 2.54. The van der Waals surface area contributed by atoms with Crippen molar-refractivity contribution in [1.29, 1.82) is 0 Å². The van der Waals surface area contributed by atoms with Crippen LogP contribution in [0.4, 0.5) is 17.1 Å². The largest absolute Gasteiger partial charge is 0.369 e. The Hall–Kier alpha value is -1.78. The molecule has 0 aliphatic carbocycles. The maximum absolute atomic E-state index is 6.14. The van der Waals surface area contributed by atoms with Crippen molar-refractivity contribution in [2.24, 2.45) is 0 Å². The summed E-state index contributed by atoms with van der Waals surface area (Å²) < 4.78 is 0. The number of nitrogens with zero attached hydrogens (tertiary/aromatic N) is 1. The standard InChI is InChI=1S/C19H24ClN3S/c1-5-23(13(2)3)16-11-9-15(10-12-16)21-19(24)22-18-8-6-7-17(20)14(18)4/h6-13H,5H2,1-4H3,(H2,21,22,24). The van der Waals surface area contributed by atoms with Crippen LogP contribution in [0.5, 0.6) is 0 Å². The highest BCUT2D eigenvalue weighted by Gasteiger charge is 2.08. The molecule has 2 rings (SSSR count). The highest BCUT2D eigenvalue weighted by atomic mass is 35.5. The van der Waals surface area contributed by atoms with Gasteiger partial charge in [0.1, 0.15) is 0 Å². The molecule has 0 unspecified atom stereocenters. The number of hydrogen-bond acceptors (Lipinski definition) is 2. The Morgan fingerprint density at radius 2 is 1.79 bits per heavy atom. The predicted molar refractivity (Wildman–Crippen MR) is 111 cm³/mol. The lowest BCUT2D eigenvalue weighted by Crippen LogP contribution is -2.30. The molecule has 0 aliphatic rings. The van der Waals surface area contributed by atoms with Gasteiger partial charge in [-0.2, -0.15) is 0 Å². The van der Waals surface area contributed by atoms with E-state index in [4.69, 9.17) is 23.8 Å². The van der Waals surface area contributed by atoms with Crippen molar-refractivity contribution in [3.8, 4) is 0 Å². The summed E-state index contributed by atoms with van der Waals surface area (Å²) in [6, 6.07) is 14.5. The Balaban J connectivity index is 2.03. The second-order valence-electron chi connectivity index (χ2n) is 5.92. The molecule has 24 heavy (non-hydrogen) atoms. The second-order valence-corrected chi connectivity index (χ2v) is 6.73. The Morgan fingerprint density at radius 3 is 2.38 bits per heavy atom. The zero-order valence-electron chi connectivity index (χ0n) is 14.6. The minimum absolute atomic E-state index is 0.474. The summed E-state index contributed by atoms with van der Waals surface area (Å²) in [4.78, 5) is 2.34. The van der Waals surface area contributed by atoms with Crippen LogP contribution in [0.25, 0.3) is 0 Å². The van der Waals surface area contributed by atoms with Gasteiger partial charge in [-0.25, -0.2) is 0 Å². The highest BCUT2D eigenvalue weighted by Crippen LogP contribution is 2.24. The fourth-order valence-electron chi connectivity index (χ4n) is 2.61. The molecular weight excluding hydrogens is 338 g/mol. The Bertz CT molecular complexity index is 698. The van der Waals surface area contributed by atoms with E-state index in [0.717, 1.165) is 28.5 Å². The summed E-state index contributed by atoms with van der Waals surface area (Å²) >= 11 is 11.5. The van der Waals surface area contributed by atoms with E-state index in [1.165, 1.54) is 5.69 Å². The molecule has 0 radical (unpaired) electrons. The van der Waals surface area contributed by atoms with Crippen LogP contribution in [0.2, 0.25) is 5.02 Å². The third-order valence-electron chi connectivity index (χ3n) is 3.94. The number of halogens is 1. The lowest BCUT2D eigenvalue weighted by molar-refractivity contribution is 0.704. The van der Waals surface area contributed by atoms with Gasteiger partial charge in [-0.1, -0.05) is 17.7 Å². The molecule has 0 saturated heterocycles. The molecule has 5 heteroatoms. The Kier molecular flexibility index (Phi) is 6.46. The first-order chi connectivity index (χ1) is 11.4. The molecule has 0 aliphatic heterocycles. The molecule has 128 valence electrons. The topological polar surface area (TPSA) is 27.3 Å². The van der Waals surface area contributed by atoms with Gasteiger partial charge in [0.05, 0.1) is 0 Å². The summed E-state index contributed by atoms with van der Waals surface area (Å²) in [7, 11) is 0. The molecule has 0 atom stereocenters. The van der Waals surface area contributed by atoms with Crippen molar-refractivity contribution in [3.05, 3.63) is 53.1 Å². The first-order valence-electron chi connectivity index (χ1n) is 8.12. The number of nitrogens with one attached hydrogen (secondary N) is 2. The quantitative estimate of drug-likeness (QED) is 0.669. The molecule has 0 aromatic heterocycles. The SMILES string of the molecule is CCN(c1ccc(NC(=S)Nc2cccc(Cl)c2C)cc1)C(C)C. The van der Waals surface area contributed by atoms with Gasteiger partial charge >= 0.3 is 0 Å². The zero-order chi connectivity index (χ0) is 17.7. The van der Waals surface area contributed by atoms with E-state index in [-0.39, 0.29) is 0 Å². The molecule has 0 amide bonds. The van der Waals surface area contributed by atoms with E-state index in [1.54, 1.807) is 0 Å². The van der Waals surface area contributed by atoms with E-state index >= 15 is 0 Å². The first-order valence-corrected chi connectivity index (χ1v) is 8.90. The summed E-state index contributed by atoms with van der Waals surface area (Å²) in [5, 5.41) is 7.67. The zero-order valence-corrected chi connectivity index (χ0v) is 16.1. The fraction of sp³-hybridized carbons (Fsp3) is 0.316. The molecule has 0 bridgehead atoms. The van der Waals surface area contributed by atoms with Crippen molar-refractivity contribution in [2.75, 3.05) is 22.1 Å². The van der Waals surface area contributed by atoms with Gasteiger partial charge in [0.2, 0.25) is 0 Å². The van der Waals surface area contributed by atoms with E-state index in [1.807, 2.05) is 37.3 Å². The maximum atomic E-state index is 6.14. The van der Waals surface area contributed by atoms with Crippen LogP contribution in [-0.4, -0.2) is 17.7 Å². The monoisotopic (exact) mass is 361 g/mol. The van der Waals surface area contributed by atoms with Crippen LogP contribution < -0.4 is 15.5 Å². The average molecular weight is 362 g/mol. The summed E-state index contributed by atoms with van der Waals surface area (Å²) in [6.07, 6.45) is 0. The van der Waals surface area contributed by atoms with Gasteiger partial charge in [-0.05, 0) is 81.9 Å². The van der Waals surface area contributed by atoms with Gasteiger partial charge in [0.25, 0.3) is 0 Å². The fourth-order valence-corrected chi connectivity index (χ4v) is 3.01. The van der Waals surface area contributed by atoms with Gasteiger partial charge in [-0.15, -0.1) is 0 Å². The Labute approximate surface area is 155 Å². The number of benzene rings is 2. The summed E-state index contributed by atoms with van der Waals surface area (Å²) in [5.74, 6) is 0. The van der Waals surface area contributed by atoms with Gasteiger partial charge in [-0.3, -0.25) is 0 Å². The minimum Gasteiger partial charge on any atom is -0.369 e. The molecule has 2 aromatic carbocycles. The van der Waals surface area contributed by atoms with Crippen LogP contribution in [0.1, 0.15) is 26.3 Å². The van der Waals surface area contributed by atoms with Crippen LogP contribution in [0.15, 0.2) is 42.5 Å². The van der Waals surface area contributed by atoms with Crippen LogP contribution in [0, 0.1) is 6.92 Å². The second kappa shape index (κ2) is 8.36. The van der Waals surface area contributed by atoms with E-state index < -0.39 is 0 Å².